The molecule has 30 heavy (non-hydrogen) atoms. The molecule has 0 aliphatic rings. The number of amides is 1. The van der Waals surface area contributed by atoms with Gasteiger partial charge in [-0.1, -0.05) is 36.4 Å². The molecule has 0 radical (unpaired) electrons. The highest BCUT2D eigenvalue weighted by atomic mass is 32.2. The second-order valence-corrected chi connectivity index (χ2v) is 8.23. The van der Waals surface area contributed by atoms with Crippen LogP contribution in [0, 0.1) is 6.92 Å². The van der Waals surface area contributed by atoms with Gasteiger partial charge in [0.2, 0.25) is 5.91 Å². The average Bonchev–Trinajstić information content (AvgIpc) is 2.75. The molecule has 0 aliphatic heterocycles. The van der Waals surface area contributed by atoms with E-state index in [0.29, 0.717) is 17.1 Å². The monoisotopic (exact) mass is 422 g/mol. The first-order valence-electron chi connectivity index (χ1n) is 9.19. The van der Waals surface area contributed by atoms with Crippen LogP contribution in [-0.2, 0) is 14.8 Å². The van der Waals surface area contributed by atoms with E-state index in [1.807, 2.05) is 24.3 Å². The molecule has 0 heterocycles. The molecule has 0 fully saturated rings. The van der Waals surface area contributed by atoms with Gasteiger partial charge >= 0.3 is 0 Å². The van der Waals surface area contributed by atoms with Crippen LogP contribution in [0.25, 0.3) is 6.08 Å². The third-order valence-electron chi connectivity index (χ3n) is 4.32. The average molecular weight is 423 g/mol. The van der Waals surface area contributed by atoms with Crippen LogP contribution >= 0.6 is 0 Å². The molecule has 0 spiro atoms. The van der Waals surface area contributed by atoms with E-state index in [1.54, 1.807) is 56.5 Å². The van der Waals surface area contributed by atoms with Crippen molar-refractivity contribution < 1.29 is 17.9 Å². The SMILES string of the molecule is COc1cccc(/C=C/C(=O)Nc2ccc(C)c(NS(=O)(=O)c3ccccc3)c2)c1. The fourth-order valence-electron chi connectivity index (χ4n) is 2.71. The molecule has 0 unspecified atom stereocenters. The number of ether oxygens (including phenoxy) is 1. The van der Waals surface area contributed by atoms with Crippen molar-refractivity contribution in [2.45, 2.75) is 11.8 Å². The zero-order chi connectivity index (χ0) is 21.6. The van der Waals surface area contributed by atoms with Crippen molar-refractivity contribution in [1.29, 1.82) is 0 Å². The van der Waals surface area contributed by atoms with Crippen molar-refractivity contribution in [3.05, 3.63) is 90.0 Å². The van der Waals surface area contributed by atoms with Gasteiger partial charge in [-0.25, -0.2) is 8.42 Å². The molecule has 6 nitrogen and oxygen atoms in total. The lowest BCUT2D eigenvalue weighted by molar-refractivity contribution is -0.111. The summed E-state index contributed by atoms with van der Waals surface area (Å²) in [5.41, 5.74) is 2.43. The molecule has 0 saturated carbocycles. The quantitative estimate of drug-likeness (QED) is 0.551. The Morgan fingerprint density at radius 3 is 2.47 bits per heavy atom. The fraction of sp³-hybridized carbons (Fsp3) is 0.0870. The second kappa shape index (κ2) is 9.28. The molecule has 0 atom stereocenters. The number of carbonyl (C=O) groups is 1. The first kappa shape index (κ1) is 21.1. The first-order chi connectivity index (χ1) is 14.4. The number of methoxy groups -OCH3 is 1. The molecular weight excluding hydrogens is 400 g/mol. The molecular formula is C23H22N2O4S. The standard InChI is InChI=1S/C23H22N2O4S/c1-17-11-13-19(16-22(17)25-30(27,28)21-9-4-3-5-10-21)24-23(26)14-12-18-7-6-8-20(15-18)29-2/h3-16,25H,1-2H3,(H,24,26)/b14-12+. The predicted molar refractivity (Wildman–Crippen MR) is 119 cm³/mol. The Balaban J connectivity index is 1.73. The molecule has 0 saturated heterocycles. The number of rotatable bonds is 7. The molecule has 1 amide bonds. The van der Waals surface area contributed by atoms with Crippen LogP contribution in [0.2, 0.25) is 0 Å². The summed E-state index contributed by atoms with van der Waals surface area (Å²) in [6.07, 6.45) is 3.08. The number of benzene rings is 3. The van der Waals surface area contributed by atoms with Crippen LogP contribution in [-0.4, -0.2) is 21.4 Å². The number of hydrogen-bond acceptors (Lipinski definition) is 4. The maximum Gasteiger partial charge on any atom is 0.261 e. The van der Waals surface area contributed by atoms with Gasteiger partial charge in [0.1, 0.15) is 5.75 Å². The normalized spacial score (nSPS) is 11.3. The zero-order valence-corrected chi connectivity index (χ0v) is 17.4. The molecule has 7 heteroatoms. The van der Waals surface area contributed by atoms with E-state index in [9.17, 15) is 13.2 Å². The number of hydrogen-bond donors (Lipinski definition) is 2. The minimum absolute atomic E-state index is 0.167. The van der Waals surface area contributed by atoms with Crippen molar-refractivity contribution in [3.8, 4) is 5.75 Å². The molecule has 3 rings (SSSR count). The van der Waals surface area contributed by atoms with Gasteiger partial charge in [0, 0.05) is 11.8 Å². The Morgan fingerprint density at radius 1 is 0.967 bits per heavy atom. The van der Waals surface area contributed by atoms with Crippen molar-refractivity contribution >= 4 is 33.4 Å². The van der Waals surface area contributed by atoms with Gasteiger partial charge in [-0.3, -0.25) is 9.52 Å². The number of aryl methyl sites for hydroxylation is 1. The van der Waals surface area contributed by atoms with E-state index in [0.717, 1.165) is 11.1 Å². The van der Waals surface area contributed by atoms with Gasteiger partial charge in [-0.15, -0.1) is 0 Å². The Kier molecular flexibility index (Phi) is 6.54. The van der Waals surface area contributed by atoms with Gasteiger partial charge in [0.15, 0.2) is 0 Å². The second-order valence-electron chi connectivity index (χ2n) is 6.55. The van der Waals surface area contributed by atoms with E-state index in [2.05, 4.69) is 10.0 Å². The van der Waals surface area contributed by atoms with Crippen molar-refractivity contribution in [3.63, 3.8) is 0 Å². The number of anilines is 2. The van der Waals surface area contributed by atoms with Gasteiger partial charge in [-0.2, -0.15) is 0 Å². The third kappa shape index (κ3) is 5.48. The van der Waals surface area contributed by atoms with Crippen LogP contribution in [0.15, 0.2) is 83.8 Å². The Labute approximate surface area is 176 Å². The Hall–Kier alpha value is -3.58. The molecule has 2 N–H and O–H groups in total. The largest absolute Gasteiger partial charge is 0.497 e. The summed E-state index contributed by atoms with van der Waals surface area (Å²) in [7, 11) is -2.14. The molecule has 3 aromatic rings. The molecule has 0 aromatic heterocycles. The Bertz CT molecular complexity index is 1170. The topological polar surface area (TPSA) is 84.5 Å². The van der Waals surface area contributed by atoms with Crippen LogP contribution in [0.1, 0.15) is 11.1 Å². The van der Waals surface area contributed by atoms with Gasteiger partial charge in [-0.05, 0) is 60.5 Å². The summed E-state index contributed by atoms with van der Waals surface area (Å²) in [5, 5.41) is 2.74. The maximum absolute atomic E-state index is 12.6. The van der Waals surface area contributed by atoms with Crippen LogP contribution in [0.3, 0.4) is 0 Å². The summed E-state index contributed by atoms with van der Waals surface area (Å²) in [6.45, 7) is 1.79. The van der Waals surface area contributed by atoms with E-state index in [1.165, 1.54) is 18.2 Å². The maximum atomic E-state index is 12.6. The van der Waals surface area contributed by atoms with Crippen LogP contribution in [0.4, 0.5) is 11.4 Å². The van der Waals surface area contributed by atoms with Crippen LogP contribution in [0.5, 0.6) is 5.75 Å². The molecule has 154 valence electrons. The zero-order valence-electron chi connectivity index (χ0n) is 16.6. The first-order valence-corrected chi connectivity index (χ1v) is 10.7. The highest BCUT2D eigenvalue weighted by Gasteiger charge is 2.15. The third-order valence-corrected chi connectivity index (χ3v) is 5.71. The predicted octanol–water partition coefficient (Wildman–Crippen LogP) is 4.46. The van der Waals surface area contributed by atoms with Gasteiger partial charge < -0.3 is 10.1 Å². The summed E-state index contributed by atoms with van der Waals surface area (Å²) in [4.78, 5) is 12.4. The summed E-state index contributed by atoms with van der Waals surface area (Å²) < 4.78 is 32.9. The summed E-state index contributed by atoms with van der Waals surface area (Å²) in [5.74, 6) is 0.366. The smallest absolute Gasteiger partial charge is 0.261 e. The Morgan fingerprint density at radius 2 is 1.73 bits per heavy atom. The summed E-state index contributed by atoms with van der Waals surface area (Å²) in [6, 6.07) is 20.5. The van der Waals surface area contributed by atoms with Gasteiger partial charge in [0.05, 0.1) is 17.7 Å². The van der Waals surface area contributed by atoms with E-state index < -0.39 is 10.0 Å². The van der Waals surface area contributed by atoms with Crippen molar-refractivity contribution in [2.75, 3.05) is 17.1 Å². The lowest BCUT2D eigenvalue weighted by atomic mass is 10.2. The highest BCUT2D eigenvalue weighted by molar-refractivity contribution is 7.92. The number of sulfonamides is 1. The fourth-order valence-corrected chi connectivity index (χ4v) is 3.86. The lowest BCUT2D eigenvalue weighted by Crippen LogP contribution is -2.14. The van der Waals surface area contributed by atoms with Gasteiger partial charge in [0.25, 0.3) is 10.0 Å². The van der Waals surface area contributed by atoms with E-state index in [-0.39, 0.29) is 10.8 Å². The minimum Gasteiger partial charge on any atom is -0.497 e. The van der Waals surface area contributed by atoms with E-state index in [4.69, 9.17) is 4.74 Å². The summed E-state index contributed by atoms with van der Waals surface area (Å²) >= 11 is 0. The van der Waals surface area contributed by atoms with E-state index >= 15 is 0 Å². The molecule has 3 aromatic carbocycles. The van der Waals surface area contributed by atoms with Crippen molar-refractivity contribution in [1.82, 2.24) is 0 Å². The van der Waals surface area contributed by atoms with Crippen molar-refractivity contribution in [2.24, 2.45) is 0 Å². The molecule has 0 aliphatic carbocycles. The van der Waals surface area contributed by atoms with Crippen LogP contribution < -0.4 is 14.8 Å². The number of nitrogens with one attached hydrogen (secondary N) is 2. The number of carbonyl (C=O) groups excluding carboxylic acids is 1. The molecule has 0 bridgehead atoms. The highest BCUT2D eigenvalue weighted by Crippen LogP contribution is 2.23. The lowest BCUT2D eigenvalue weighted by Gasteiger charge is -2.12. The minimum atomic E-state index is -3.72.